The number of aliphatic hydroxyl groups is 2. The van der Waals surface area contributed by atoms with Crippen LogP contribution >= 0.6 is 0 Å². The third-order valence-electron chi connectivity index (χ3n) is 2.97. The predicted octanol–water partition coefficient (Wildman–Crippen LogP) is 0.250. The summed E-state index contributed by atoms with van der Waals surface area (Å²) < 4.78 is 1.99. The van der Waals surface area contributed by atoms with Gasteiger partial charge >= 0.3 is 0 Å². The second kappa shape index (κ2) is 5.33. The van der Waals surface area contributed by atoms with Gasteiger partial charge in [-0.1, -0.05) is 0 Å². The number of nitrogens with zero attached hydrogens (tertiary/aromatic N) is 2. The summed E-state index contributed by atoms with van der Waals surface area (Å²) in [6.07, 6.45) is 4.16. The first-order valence-electron chi connectivity index (χ1n) is 5.95. The monoisotopic (exact) mass is 238 g/mol. The molecule has 0 aromatic carbocycles. The van der Waals surface area contributed by atoms with Gasteiger partial charge in [0.05, 0.1) is 13.2 Å². The van der Waals surface area contributed by atoms with Gasteiger partial charge in [0.2, 0.25) is 0 Å². The maximum Gasteiger partial charge on any atom is 0.270 e. The molecule has 2 rings (SSSR count). The summed E-state index contributed by atoms with van der Waals surface area (Å²) >= 11 is 0. The van der Waals surface area contributed by atoms with E-state index in [1.165, 1.54) is 4.90 Å². The van der Waals surface area contributed by atoms with Crippen LogP contribution in [0.4, 0.5) is 0 Å². The number of carbonyl (C=O) groups excluding carboxylic acids is 1. The minimum Gasteiger partial charge on any atom is -0.395 e. The minimum absolute atomic E-state index is 0.0874. The molecule has 0 bridgehead atoms. The Kier molecular flexibility index (Phi) is 3.81. The van der Waals surface area contributed by atoms with Crippen LogP contribution in [0.15, 0.2) is 18.3 Å². The Morgan fingerprint density at radius 3 is 2.53 bits per heavy atom. The van der Waals surface area contributed by atoms with E-state index in [1.807, 2.05) is 16.8 Å². The largest absolute Gasteiger partial charge is 0.395 e. The quantitative estimate of drug-likeness (QED) is 0.746. The predicted molar refractivity (Wildman–Crippen MR) is 62.8 cm³/mol. The van der Waals surface area contributed by atoms with Gasteiger partial charge in [-0.3, -0.25) is 4.79 Å². The number of hydrogen-bond donors (Lipinski definition) is 2. The lowest BCUT2D eigenvalue weighted by Gasteiger charge is -2.21. The van der Waals surface area contributed by atoms with E-state index >= 15 is 0 Å². The summed E-state index contributed by atoms with van der Waals surface area (Å²) in [4.78, 5) is 13.7. The summed E-state index contributed by atoms with van der Waals surface area (Å²) in [6.45, 7) is 0.343. The number of amides is 1. The maximum atomic E-state index is 12.2. The first kappa shape index (κ1) is 12.1. The van der Waals surface area contributed by atoms with Crippen molar-refractivity contribution in [2.24, 2.45) is 0 Å². The van der Waals surface area contributed by atoms with Crippen molar-refractivity contribution in [1.82, 2.24) is 9.47 Å². The first-order valence-corrected chi connectivity index (χ1v) is 5.95. The molecule has 1 heterocycles. The highest BCUT2D eigenvalue weighted by Gasteiger charge is 2.28. The molecule has 1 aliphatic rings. The molecule has 1 aromatic heterocycles. The molecular weight excluding hydrogens is 220 g/mol. The zero-order chi connectivity index (χ0) is 12.3. The molecule has 0 atom stereocenters. The molecule has 1 saturated carbocycles. The molecule has 0 aliphatic heterocycles. The van der Waals surface area contributed by atoms with Crippen molar-refractivity contribution >= 4 is 5.91 Å². The van der Waals surface area contributed by atoms with E-state index in [2.05, 4.69) is 0 Å². The highest BCUT2D eigenvalue weighted by atomic mass is 16.3. The molecule has 1 aromatic rings. The van der Waals surface area contributed by atoms with Gasteiger partial charge in [0.1, 0.15) is 5.69 Å². The van der Waals surface area contributed by atoms with Gasteiger partial charge in [-0.15, -0.1) is 0 Å². The van der Waals surface area contributed by atoms with Gasteiger partial charge in [0.15, 0.2) is 0 Å². The SMILES string of the molecule is O=C(c1cccn1C1CC1)N(CCO)CCO. The lowest BCUT2D eigenvalue weighted by molar-refractivity contribution is 0.0674. The lowest BCUT2D eigenvalue weighted by atomic mass is 10.3. The molecule has 1 aliphatic carbocycles. The van der Waals surface area contributed by atoms with E-state index in [-0.39, 0.29) is 32.2 Å². The van der Waals surface area contributed by atoms with Crippen LogP contribution in [-0.2, 0) is 0 Å². The van der Waals surface area contributed by atoms with Gasteiger partial charge in [-0.2, -0.15) is 0 Å². The molecule has 1 amide bonds. The Hall–Kier alpha value is -1.33. The van der Waals surface area contributed by atoms with Crippen LogP contribution in [0.25, 0.3) is 0 Å². The Labute approximate surface area is 100 Å². The molecule has 0 saturated heterocycles. The van der Waals surface area contributed by atoms with E-state index < -0.39 is 0 Å². The molecule has 5 heteroatoms. The molecule has 94 valence electrons. The number of aromatic nitrogens is 1. The molecule has 17 heavy (non-hydrogen) atoms. The third-order valence-corrected chi connectivity index (χ3v) is 2.97. The number of hydrogen-bond acceptors (Lipinski definition) is 3. The van der Waals surface area contributed by atoms with E-state index in [4.69, 9.17) is 10.2 Å². The fraction of sp³-hybridized carbons (Fsp3) is 0.583. The van der Waals surface area contributed by atoms with Crippen LogP contribution in [0.1, 0.15) is 29.4 Å². The summed E-state index contributed by atoms with van der Waals surface area (Å²) in [5.74, 6) is -0.120. The zero-order valence-electron chi connectivity index (χ0n) is 9.75. The van der Waals surface area contributed by atoms with Crippen molar-refractivity contribution < 1.29 is 15.0 Å². The van der Waals surface area contributed by atoms with E-state index in [0.717, 1.165) is 12.8 Å². The Morgan fingerprint density at radius 2 is 2.00 bits per heavy atom. The van der Waals surface area contributed by atoms with Crippen LogP contribution < -0.4 is 0 Å². The highest BCUT2D eigenvalue weighted by Crippen LogP contribution is 2.36. The van der Waals surface area contributed by atoms with Gasteiger partial charge < -0.3 is 19.7 Å². The third kappa shape index (κ3) is 2.68. The van der Waals surface area contributed by atoms with E-state index in [9.17, 15) is 4.79 Å². The Balaban J connectivity index is 2.12. The summed E-state index contributed by atoms with van der Waals surface area (Å²) in [7, 11) is 0. The van der Waals surface area contributed by atoms with Gasteiger partial charge in [0.25, 0.3) is 5.91 Å². The number of carbonyl (C=O) groups is 1. The van der Waals surface area contributed by atoms with Crippen LogP contribution in [-0.4, -0.2) is 51.9 Å². The highest BCUT2D eigenvalue weighted by molar-refractivity contribution is 5.92. The summed E-state index contributed by atoms with van der Waals surface area (Å²) in [5, 5.41) is 17.8. The number of aliphatic hydroxyl groups excluding tert-OH is 2. The number of rotatable bonds is 6. The molecule has 0 unspecified atom stereocenters. The van der Waals surface area contributed by atoms with Crippen molar-refractivity contribution in [1.29, 1.82) is 0 Å². The second-order valence-electron chi connectivity index (χ2n) is 4.27. The Morgan fingerprint density at radius 1 is 1.35 bits per heavy atom. The molecule has 0 spiro atoms. The van der Waals surface area contributed by atoms with Crippen molar-refractivity contribution in [2.75, 3.05) is 26.3 Å². The fourth-order valence-electron chi connectivity index (χ4n) is 1.96. The van der Waals surface area contributed by atoms with Gasteiger partial charge in [-0.05, 0) is 25.0 Å². The smallest absolute Gasteiger partial charge is 0.270 e. The topological polar surface area (TPSA) is 65.7 Å². The van der Waals surface area contributed by atoms with E-state index in [0.29, 0.717) is 11.7 Å². The molecule has 1 fully saturated rings. The first-order chi connectivity index (χ1) is 8.27. The minimum atomic E-state index is -0.120. The van der Waals surface area contributed by atoms with Crippen molar-refractivity contribution in [2.45, 2.75) is 18.9 Å². The van der Waals surface area contributed by atoms with Crippen LogP contribution in [0.5, 0.6) is 0 Å². The van der Waals surface area contributed by atoms with Gasteiger partial charge in [0, 0.05) is 25.3 Å². The Bertz CT molecular complexity index is 379. The van der Waals surface area contributed by atoms with Crippen LogP contribution in [0.3, 0.4) is 0 Å². The van der Waals surface area contributed by atoms with Crippen LogP contribution in [0, 0.1) is 0 Å². The molecule has 0 radical (unpaired) electrons. The maximum absolute atomic E-state index is 12.2. The second-order valence-corrected chi connectivity index (χ2v) is 4.27. The molecule has 5 nitrogen and oxygen atoms in total. The van der Waals surface area contributed by atoms with Crippen LogP contribution in [0.2, 0.25) is 0 Å². The van der Waals surface area contributed by atoms with Crippen molar-refractivity contribution in [3.05, 3.63) is 24.0 Å². The summed E-state index contributed by atoms with van der Waals surface area (Å²) in [6, 6.07) is 4.11. The van der Waals surface area contributed by atoms with E-state index in [1.54, 1.807) is 6.07 Å². The molecular formula is C12H18N2O3. The summed E-state index contributed by atoms with van der Waals surface area (Å²) in [5.41, 5.74) is 0.648. The average Bonchev–Trinajstić information content (AvgIpc) is 3.06. The zero-order valence-corrected chi connectivity index (χ0v) is 9.75. The average molecular weight is 238 g/mol. The molecule has 2 N–H and O–H groups in total. The normalized spacial score (nSPS) is 14.9. The lowest BCUT2D eigenvalue weighted by Crippen LogP contribution is -2.36. The standard InChI is InChI=1S/C12H18N2O3/c15-8-6-13(7-9-16)12(17)11-2-1-5-14(11)10-3-4-10/h1-2,5,10,15-16H,3-4,6-9H2. The van der Waals surface area contributed by atoms with Crippen molar-refractivity contribution in [3.8, 4) is 0 Å². The van der Waals surface area contributed by atoms with Crippen molar-refractivity contribution in [3.63, 3.8) is 0 Å². The van der Waals surface area contributed by atoms with Gasteiger partial charge in [-0.25, -0.2) is 0 Å². The fourth-order valence-corrected chi connectivity index (χ4v) is 1.96.